The fourth-order valence-corrected chi connectivity index (χ4v) is 2.58. The van der Waals surface area contributed by atoms with Gasteiger partial charge in [0.15, 0.2) is 0 Å². The summed E-state index contributed by atoms with van der Waals surface area (Å²) in [5.41, 5.74) is 0. The van der Waals surface area contributed by atoms with Crippen molar-refractivity contribution < 1.29 is 14.3 Å². The van der Waals surface area contributed by atoms with E-state index >= 15 is 0 Å². The first-order valence-corrected chi connectivity index (χ1v) is 6.80. The van der Waals surface area contributed by atoms with E-state index < -0.39 is 0 Å². The van der Waals surface area contributed by atoms with Gasteiger partial charge in [0, 0.05) is 26.2 Å². The van der Waals surface area contributed by atoms with Crippen LogP contribution in [0.4, 0.5) is 0 Å². The quantitative estimate of drug-likeness (QED) is 0.674. The largest absolute Gasteiger partial charge is 0.378 e. The summed E-state index contributed by atoms with van der Waals surface area (Å²) in [6, 6.07) is 0. The Bertz CT molecular complexity index is 313. The van der Waals surface area contributed by atoms with E-state index in [0.717, 1.165) is 19.5 Å². The minimum atomic E-state index is -0.0541. The highest BCUT2D eigenvalue weighted by Crippen LogP contribution is 2.16. The first kappa shape index (κ1) is 13.3. The molecule has 2 amide bonds. The lowest BCUT2D eigenvalue weighted by atomic mass is 10.00. The summed E-state index contributed by atoms with van der Waals surface area (Å²) in [6.07, 6.45) is 2.26. The van der Waals surface area contributed by atoms with Crippen molar-refractivity contribution in [3.8, 4) is 0 Å². The van der Waals surface area contributed by atoms with Gasteiger partial charge in [0.05, 0.1) is 13.2 Å². The number of amides is 2. The van der Waals surface area contributed by atoms with Gasteiger partial charge in [-0.1, -0.05) is 6.92 Å². The summed E-state index contributed by atoms with van der Waals surface area (Å²) in [5.74, 6) is 0.487. The van der Waals surface area contributed by atoms with E-state index in [-0.39, 0.29) is 18.2 Å². The molecule has 2 saturated heterocycles. The lowest BCUT2D eigenvalue weighted by Gasteiger charge is -2.32. The van der Waals surface area contributed by atoms with E-state index in [0.29, 0.717) is 32.2 Å². The number of ether oxygens (including phenoxy) is 1. The Hall–Kier alpha value is -1.10. The molecule has 5 heteroatoms. The van der Waals surface area contributed by atoms with E-state index in [2.05, 4.69) is 6.92 Å². The third-order valence-corrected chi connectivity index (χ3v) is 3.68. The summed E-state index contributed by atoms with van der Waals surface area (Å²) >= 11 is 0. The second kappa shape index (κ2) is 6.18. The van der Waals surface area contributed by atoms with Gasteiger partial charge in [0.25, 0.3) is 0 Å². The normalized spacial score (nSPS) is 25.1. The van der Waals surface area contributed by atoms with Gasteiger partial charge in [-0.05, 0) is 18.8 Å². The van der Waals surface area contributed by atoms with Crippen LogP contribution in [0.3, 0.4) is 0 Å². The number of nitrogens with zero attached hydrogens (tertiary/aromatic N) is 2. The predicted octanol–water partition coefficient (Wildman–Crippen LogP) is 0.494. The molecule has 0 bridgehead atoms. The van der Waals surface area contributed by atoms with Gasteiger partial charge in [-0.2, -0.15) is 0 Å². The Morgan fingerprint density at radius 2 is 1.78 bits per heavy atom. The van der Waals surface area contributed by atoms with Crippen molar-refractivity contribution in [2.24, 2.45) is 5.92 Å². The summed E-state index contributed by atoms with van der Waals surface area (Å²) in [4.78, 5) is 27.6. The summed E-state index contributed by atoms with van der Waals surface area (Å²) in [6.45, 7) is 6.16. The maximum absolute atomic E-state index is 12.0. The van der Waals surface area contributed by atoms with Crippen LogP contribution in [0.5, 0.6) is 0 Å². The van der Waals surface area contributed by atoms with Crippen LogP contribution in [0.25, 0.3) is 0 Å². The SMILES string of the molecule is CC1CCCN(C(=O)CC(=O)N2CCOCC2)C1. The van der Waals surface area contributed by atoms with Crippen LogP contribution in [0, 0.1) is 5.92 Å². The Balaban J connectivity index is 1.80. The van der Waals surface area contributed by atoms with E-state index in [4.69, 9.17) is 4.74 Å². The Morgan fingerprint density at radius 3 is 2.44 bits per heavy atom. The van der Waals surface area contributed by atoms with Crippen LogP contribution < -0.4 is 0 Å². The van der Waals surface area contributed by atoms with Crippen molar-refractivity contribution in [3.63, 3.8) is 0 Å². The monoisotopic (exact) mass is 254 g/mol. The number of hydrogen-bond acceptors (Lipinski definition) is 3. The molecule has 2 fully saturated rings. The minimum Gasteiger partial charge on any atom is -0.378 e. The number of hydrogen-bond donors (Lipinski definition) is 0. The number of likely N-dealkylation sites (tertiary alicyclic amines) is 1. The van der Waals surface area contributed by atoms with Crippen molar-refractivity contribution in [2.45, 2.75) is 26.2 Å². The predicted molar refractivity (Wildman–Crippen MR) is 67.0 cm³/mol. The van der Waals surface area contributed by atoms with Crippen LogP contribution in [0.15, 0.2) is 0 Å². The molecule has 0 spiro atoms. The van der Waals surface area contributed by atoms with Crippen LogP contribution in [-0.4, -0.2) is 61.0 Å². The topological polar surface area (TPSA) is 49.9 Å². The fraction of sp³-hybridized carbons (Fsp3) is 0.846. The van der Waals surface area contributed by atoms with Crippen molar-refractivity contribution in [3.05, 3.63) is 0 Å². The van der Waals surface area contributed by atoms with Crippen molar-refractivity contribution in [1.82, 2.24) is 9.80 Å². The highest BCUT2D eigenvalue weighted by molar-refractivity contribution is 5.97. The van der Waals surface area contributed by atoms with Crippen LogP contribution >= 0.6 is 0 Å². The van der Waals surface area contributed by atoms with Crippen LogP contribution in [0.1, 0.15) is 26.2 Å². The molecule has 2 rings (SSSR count). The first-order chi connectivity index (χ1) is 8.66. The van der Waals surface area contributed by atoms with Gasteiger partial charge in [0.1, 0.15) is 6.42 Å². The molecule has 0 aromatic carbocycles. The van der Waals surface area contributed by atoms with Crippen molar-refractivity contribution >= 4 is 11.8 Å². The summed E-state index contributed by atoms with van der Waals surface area (Å²) in [5, 5.41) is 0. The zero-order valence-corrected chi connectivity index (χ0v) is 11.1. The van der Waals surface area contributed by atoms with Gasteiger partial charge < -0.3 is 14.5 Å². The number of rotatable bonds is 2. The molecule has 0 aromatic heterocycles. The molecule has 5 nitrogen and oxygen atoms in total. The zero-order chi connectivity index (χ0) is 13.0. The molecule has 0 aliphatic carbocycles. The molecule has 0 radical (unpaired) electrons. The molecule has 1 atom stereocenters. The molecule has 2 aliphatic rings. The van der Waals surface area contributed by atoms with E-state index in [1.807, 2.05) is 4.90 Å². The highest BCUT2D eigenvalue weighted by atomic mass is 16.5. The zero-order valence-electron chi connectivity index (χ0n) is 11.1. The molecule has 0 aromatic rings. The van der Waals surface area contributed by atoms with Gasteiger partial charge in [-0.25, -0.2) is 0 Å². The maximum atomic E-state index is 12.0. The molecular weight excluding hydrogens is 232 g/mol. The minimum absolute atomic E-state index is 0.0157. The fourth-order valence-electron chi connectivity index (χ4n) is 2.58. The molecule has 102 valence electrons. The molecular formula is C13H22N2O3. The van der Waals surface area contributed by atoms with Crippen LogP contribution in [0.2, 0.25) is 0 Å². The average molecular weight is 254 g/mol. The molecule has 0 saturated carbocycles. The number of morpholine rings is 1. The Labute approximate surface area is 108 Å². The van der Waals surface area contributed by atoms with E-state index in [1.54, 1.807) is 4.90 Å². The molecule has 18 heavy (non-hydrogen) atoms. The van der Waals surface area contributed by atoms with Gasteiger partial charge in [0.2, 0.25) is 11.8 Å². The number of piperidine rings is 1. The third kappa shape index (κ3) is 3.45. The smallest absolute Gasteiger partial charge is 0.232 e. The summed E-state index contributed by atoms with van der Waals surface area (Å²) < 4.78 is 5.20. The van der Waals surface area contributed by atoms with Gasteiger partial charge >= 0.3 is 0 Å². The lowest BCUT2D eigenvalue weighted by molar-refractivity contribution is -0.143. The second-order valence-electron chi connectivity index (χ2n) is 5.26. The van der Waals surface area contributed by atoms with E-state index in [1.165, 1.54) is 6.42 Å². The Kier molecular flexibility index (Phi) is 4.58. The van der Waals surface area contributed by atoms with Crippen molar-refractivity contribution in [1.29, 1.82) is 0 Å². The molecule has 1 unspecified atom stereocenters. The van der Waals surface area contributed by atoms with Gasteiger partial charge in [-0.3, -0.25) is 9.59 Å². The van der Waals surface area contributed by atoms with Crippen LogP contribution in [-0.2, 0) is 14.3 Å². The number of carbonyl (C=O) groups is 2. The van der Waals surface area contributed by atoms with Gasteiger partial charge in [-0.15, -0.1) is 0 Å². The van der Waals surface area contributed by atoms with E-state index in [9.17, 15) is 9.59 Å². The third-order valence-electron chi connectivity index (χ3n) is 3.68. The maximum Gasteiger partial charge on any atom is 0.232 e. The Morgan fingerprint density at radius 1 is 1.11 bits per heavy atom. The highest BCUT2D eigenvalue weighted by Gasteiger charge is 2.25. The lowest BCUT2D eigenvalue weighted by Crippen LogP contribution is -2.45. The molecule has 0 N–H and O–H groups in total. The summed E-state index contributed by atoms with van der Waals surface area (Å²) in [7, 11) is 0. The second-order valence-corrected chi connectivity index (χ2v) is 5.26. The first-order valence-electron chi connectivity index (χ1n) is 6.80. The number of carbonyl (C=O) groups excluding carboxylic acids is 2. The van der Waals surface area contributed by atoms with Crippen molar-refractivity contribution in [2.75, 3.05) is 39.4 Å². The molecule has 2 heterocycles. The standard InChI is InChI=1S/C13H22N2O3/c1-11-3-2-4-15(10-11)13(17)9-12(16)14-5-7-18-8-6-14/h11H,2-10H2,1H3. The average Bonchev–Trinajstić information content (AvgIpc) is 2.39. The molecule has 2 aliphatic heterocycles.